The molecule has 0 fully saturated rings. The number of rotatable bonds is 5. The molecule has 5 aromatic rings. The van der Waals surface area contributed by atoms with Crippen molar-refractivity contribution in [3.8, 4) is 11.1 Å². The van der Waals surface area contributed by atoms with Crippen LogP contribution in [0.2, 0.25) is 5.02 Å². The number of H-pyrrole nitrogens is 1. The maximum absolute atomic E-state index is 12.7. The summed E-state index contributed by atoms with van der Waals surface area (Å²) in [5.41, 5.74) is 9.32. The number of halogens is 4. The first-order valence-corrected chi connectivity index (χ1v) is 10.6. The number of hydrogen-bond acceptors (Lipinski definition) is 6. The fourth-order valence-corrected chi connectivity index (χ4v) is 3.84. The largest absolute Gasteiger partial charge is 0.405 e. The van der Waals surface area contributed by atoms with Crippen LogP contribution in [-0.2, 0) is 0 Å². The molecule has 5 N–H and O–H groups in total. The van der Waals surface area contributed by atoms with Crippen molar-refractivity contribution >= 4 is 51.5 Å². The molecule has 5 rings (SSSR count). The van der Waals surface area contributed by atoms with Gasteiger partial charge in [-0.2, -0.15) is 18.3 Å². The van der Waals surface area contributed by atoms with Crippen LogP contribution in [0, 0.1) is 0 Å². The zero-order valence-electron chi connectivity index (χ0n) is 17.7. The van der Waals surface area contributed by atoms with Gasteiger partial charge in [0.1, 0.15) is 18.4 Å². The molecule has 0 spiro atoms. The number of nitrogens with two attached hydrogens (primary N) is 1. The molecule has 3 heterocycles. The monoisotopic (exact) mass is 500 g/mol. The molecule has 0 aliphatic carbocycles. The van der Waals surface area contributed by atoms with Crippen LogP contribution < -0.4 is 16.4 Å². The number of carbonyl (C=O) groups excluding carboxylic acids is 1. The number of fused-ring (bicyclic) bond motifs is 2. The molecule has 13 heteroatoms. The number of alkyl halides is 3. The number of nitrogens with one attached hydrogen (secondary N) is 3. The normalized spacial score (nSPS) is 11.8. The number of imidazole rings is 1. The molecule has 0 aliphatic heterocycles. The van der Waals surface area contributed by atoms with E-state index < -0.39 is 18.6 Å². The molecule has 178 valence electrons. The van der Waals surface area contributed by atoms with Gasteiger partial charge in [0.05, 0.1) is 16.6 Å². The summed E-state index contributed by atoms with van der Waals surface area (Å²) in [6, 6.07) is 12.1. The van der Waals surface area contributed by atoms with E-state index in [1.165, 1.54) is 17.0 Å². The first-order chi connectivity index (χ1) is 16.7. The summed E-state index contributed by atoms with van der Waals surface area (Å²) in [4.78, 5) is 24.2. The molecule has 35 heavy (non-hydrogen) atoms. The fraction of sp³-hybridized carbons (Fsp3) is 0.0909. The highest BCUT2D eigenvalue weighted by Crippen LogP contribution is 2.33. The van der Waals surface area contributed by atoms with Gasteiger partial charge in [-0.05, 0) is 35.9 Å². The lowest BCUT2D eigenvalue weighted by Gasteiger charge is -2.10. The summed E-state index contributed by atoms with van der Waals surface area (Å²) < 4.78 is 39.3. The molecule has 2 aromatic carbocycles. The minimum atomic E-state index is -4.55. The van der Waals surface area contributed by atoms with Crippen LogP contribution in [-0.4, -0.2) is 43.2 Å². The minimum absolute atomic E-state index is 0.0173. The van der Waals surface area contributed by atoms with Crippen LogP contribution in [0.3, 0.4) is 0 Å². The van der Waals surface area contributed by atoms with Crippen LogP contribution in [0.5, 0.6) is 0 Å². The third-order valence-electron chi connectivity index (χ3n) is 5.18. The summed E-state index contributed by atoms with van der Waals surface area (Å²) in [6.45, 7) is -1.47. The third-order valence-corrected chi connectivity index (χ3v) is 5.41. The molecule has 0 bridgehead atoms. The first-order valence-electron chi connectivity index (χ1n) is 10.2. The number of benzene rings is 2. The first kappa shape index (κ1) is 22.5. The lowest BCUT2D eigenvalue weighted by atomic mass is 10.0. The Morgan fingerprint density at radius 3 is 2.69 bits per heavy atom. The average molecular weight is 501 g/mol. The van der Waals surface area contributed by atoms with Crippen LogP contribution >= 0.6 is 11.6 Å². The van der Waals surface area contributed by atoms with Crippen molar-refractivity contribution in [3.63, 3.8) is 0 Å². The fourth-order valence-electron chi connectivity index (χ4n) is 3.67. The highest BCUT2D eigenvalue weighted by atomic mass is 35.5. The second-order valence-corrected chi connectivity index (χ2v) is 8.04. The van der Waals surface area contributed by atoms with Crippen LogP contribution in [0.1, 0.15) is 10.4 Å². The van der Waals surface area contributed by atoms with E-state index in [4.69, 9.17) is 17.3 Å². The standard InChI is InChI=1S/C22H16ClF3N8O/c23-12-3-6-15-16(7-12)33-21(32-15)31-13-4-1-11(2-5-13)17-14(20(35)28-9-22(24,25)26)8-34-18(17)19(27)29-10-30-34/h1-8,10H,9H2,(H,28,35)(H2,27,29,30)(H2,31,32,33). The van der Waals surface area contributed by atoms with E-state index in [1.807, 2.05) is 5.32 Å². The van der Waals surface area contributed by atoms with Gasteiger partial charge in [0.15, 0.2) is 5.82 Å². The zero-order chi connectivity index (χ0) is 24.7. The second-order valence-electron chi connectivity index (χ2n) is 7.60. The summed E-state index contributed by atoms with van der Waals surface area (Å²) in [6.07, 6.45) is -2.04. The van der Waals surface area contributed by atoms with E-state index in [1.54, 1.807) is 42.5 Å². The third kappa shape index (κ3) is 4.55. The van der Waals surface area contributed by atoms with Crippen molar-refractivity contribution in [2.45, 2.75) is 6.18 Å². The van der Waals surface area contributed by atoms with E-state index in [-0.39, 0.29) is 11.4 Å². The molecule has 0 unspecified atom stereocenters. The predicted molar refractivity (Wildman–Crippen MR) is 126 cm³/mol. The molecule has 0 saturated carbocycles. The molecule has 0 saturated heterocycles. The van der Waals surface area contributed by atoms with Crippen molar-refractivity contribution in [3.05, 3.63) is 65.6 Å². The summed E-state index contributed by atoms with van der Waals surface area (Å²) in [5, 5.41) is 9.64. The Bertz CT molecular complexity index is 1560. The number of hydrogen-bond donors (Lipinski definition) is 4. The second kappa shape index (κ2) is 8.47. The van der Waals surface area contributed by atoms with Gasteiger partial charge in [-0.25, -0.2) is 14.5 Å². The Morgan fingerprint density at radius 1 is 1.17 bits per heavy atom. The van der Waals surface area contributed by atoms with Gasteiger partial charge >= 0.3 is 6.18 Å². The van der Waals surface area contributed by atoms with Gasteiger partial charge in [0.25, 0.3) is 5.91 Å². The van der Waals surface area contributed by atoms with Crippen molar-refractivity contribution in [1.82, 2.24) is 29.9 Å². The quantitative estimate of drug-likeness (QED) is 0.280. The van der Waals surface area contributed by atoms with Crippen LogP contribution in [0.4, 0.5) is 30.6 Å². The number of amides is 1. The minimum Gasteiger partial charge on any atom is -0.382 e. The van der Waals surface area contributed by atoms with Crippen molar-refractivity contribution < 1.29 is 18.0 Å². The lowest BCUT2D eigenvalue weighted by molar-refractivity contribution is -0.123. The molecule has 0 aliphatic rings. The van der Waals surface area contributed by atoms with E-state index in [0.29, 0.717) is 33.3 Å². The lowest BCUT2D eigenvalue weighted by Crippen LogP contribution is -2.33. The molecule has 3 aromatic heterocycles. The summed E-state index contributed by atoms with van der Waals surface area (Å²) >= 11 is 6.01. The zero-order valence-corrected chi connectivity index (χ0v) is 18.4. The van der Waals surface area contributed by atoms with Crippen LogP contribution in [0.25, 0.3) is 27.7 Å². The van der Waals surface area contributed by atoms with Gasteiger partial charge in [0.2, 0.25) is 5.95 Å². The highest BCUT2D eigenvalue weighted by Gasteiger charge is 2.29. The number of carbonyl (C=O) groups is 1. The number of nitrogen functional groups attached to an aromatic ring is 1. The van der Waals surface area contributed by atoms with E-state index in [9.17, 15) is 18.0 Å². The summed E-state index contributed by atoms with van der Waals surface area (Å²) in [7, 11) is 0. The number of anilines is 3. The Balaban J connectivity index is 1.48. The molecule has 0 atom stereocenters. The SMILES string of the molecule is Nc1ncnn2cc(C(=O)NCC(F)(F)F)c(-c3ccc(Nc4nc5ccc(Cl)cc5[nH]4)cc3)c12. The molecule has 9 nitrogen and oxygen atoms in total. The van der Waals surface area contributed by atoms with Gasteiger partial charge in [0, 0.05) is 22.5 Å². The van der Waals surface area contributed by atoms with Crippen molar-refractivity contribution in [2.24, 2.45) is 0 Å². The van der Waals surface area contributed by atoms with Crippen molar-refractivity contribution in [1.29, 1.82) is 0 Å². The van der Waals surface area contributed by atoms with E-state index in [2.05, 4.69) is 25.4 Å². The van der Waals surface area contributed by atoms with Gasteiger partial charge in [-0.1, -0.05) is 23.7 Å². The van der Waals surface area contributed by atoms with E-state index >= 15 is 0 Å². The maximum Gasteiger partial charge on any atom is 0.405 e. The van der Waals surface area contributed by atoms with E-state index in [0.717, 1.165) is 11.0 Å². The Morgan fingerprint density at radius 2 is 1.94 bits per heavy atom. The van der Waals surface area contributed by atoms with Crippen molar-refractivity contribution in [2.75, 3.05) is 17.6 Å². The topological polar surface area (TPSA) is 126 Å². The number of aromatic amines is 1. The predicted octanol–water partition coefficient (Wildman–Crippen LogP) is 4.54. The van der Waals surface area contributed by atoms with Crippen LogP contribution in [0.15, 0.2) is 55.0 Å². The molecule has 1 amide bonds. The Labute approximate surface area is 200 Å². The number of nitrogens with zero attached hydrogens (tertiary/aromatic N) is 4. The van der Waals surface area contributed by atoms with Gasteiger partial charge in [-0.15, -0.1) is 0 Å². The maximum atomic E-state index is 12.7. The molecule has 0 radical (unpaired) electrons. The highest BCUT2D eigenvalue weighted by molar-refractivity contribution is 6.31. The smallest absolute Gasteiger partial charge is 0.382 e. The van der Waals surface area contributed by atoms with Gasteiger partial charge in [-0.3, -0.25) is 4.79 Å². The molecular formula is C22H16ClF3N8O. The molecular weight excluding hydrogens is 485 g/mol. The summed E-state index contributed by atoms with van der Waals surface area (Å²) in [5.74, 6) is -0.340. The van der Waals surface area contributed by atoms with Gasteiger partial charge < -0.3 is 21.4 Å². The Kier molecular flexibility index (Phi) is 5.44. The number of aromatic nitrogens is 5. The average Bonchev–Trinajstić information content (AvgIpc) is 3.39. The Hall–Kier alpha value is -4.32.